The molecular weight excluding hydrogens is 273 g/mol. The molecule has 6 nitrogen and oxygen atoms in total. The number of morpholine rings is 1. The van der Waals surface area contributed by atoms with Crippen molar-refractivity contribution in [1.82, 2.24) is 5.32 Å². The van der Waals surface area contributed by atoms with Crippen molar-refractivity contribution in [2.24, 2.45) is 5.14 Å². The maximum absolute atomic E-state index is 13.7. The van der Waals surface area contributed by atoms with Crippen LogP contribution in [0.5, 0.6) is 0 Å². The van der Waals surface area contributed by atoms with Gasteiger partial charge in [0, 0.05) is 19.1 Å². The summed E-state index contributed by atoms with van der Waals surface area (Å²) in [6.45, 7) is 2.49. The first kappa shape index (κ1) is 14.2. The number of nitrogens with two attached hydrogens (primary N) is 1. The van der Waals surface area contributed by atoms with Gasteiger partial charge in [0.15, 0.2) is 0 Å². The highest BCUT2D eigenvalue weighted by atomic mass is 32.2. The van der Waals surface area contributed by atoms with Gasteiger partial charge >= 0.3 is 0 Å². The Kier molecular flexibility index (Phi) is 4.35. The Bertz CT molecular complexity index is 544. The van der Waals surface area contributed by atoms with Gasteiger partial charge in [-0.3, -0.25) is 0 Å². The van der Waals surface area contributed by atoms with E-state index in [1.807, 2.05) is 0 Å². The van der Waals surface area contributed by atoms with E-state index in [2.05, 4.69) is 10.6 Å². The zero-order valence-corrected chi connectivity index (χ0v) is 11.0. The lowest BCUT2D eigenvalue weighted by molar-refractivity contribution is 0.0806. The number of primary sulfonamides is 1. The van der Waals surface area contributed by atoms with Crippen LogP contribution in [0.3, 0.4) is 0 Å². The number of rotatable bonds is 4. The summed E-state index contributed by atoms with van der Waals surface area (Å²) in [4.78, 5) is -0.241. The van der Waals surface area contributed by atoms with Crippen molar-refractivity contribution < 1.29 is 17.5 Å². The van der Waals surface area contributed by atoms with E-state index in [9.17, 15) is 12.8 Å². The average molecular weight is 289 g/mol. The molecule has 2 rings (SSSR count). The normalized spacial score (nSPS) is 20.2. The summed E-state index contributed by atoms with van der Waals surface area (Å²) in [6.07, 6.45) is 0. The second kappa shape index (κ2) is 5.83. The minimum atomic E-state index is -3.88. The number of anilines is 1. The first-order chi connectivity index (χ1) is 8.97. The zero-order chi connectivity index (χ0) is 13.9. The van der Waals surface area contributed by atoms with E-state index < -0.39 is 15.8 Å². The van der Waals surface area contributed by atoms with E-state index in [0.29, 0.717) is 19.8 Å². The standard InChI is InChI=1S/C11H16FN3O3S/c12-10-5-9(19(13,16)17)1-2-11(10)15-6-8-7-18-4-3-14-8/h1-2,5,8,14-15H,3-4,6-7H2,(H2,13,16,17). The van der Waals surface area contributed by atoms with E-state index >= 15 is 0 Å². The molecule has 4 N–H and O–H groups in total. The summed E-state index contributed by atoms with van der Waals surface area (Å²) < 4.78 is 41.1. The Labute approximate surface area is 111 Å². The van der Waals surface area contributed by atoms with Crippen LogP contribution in [0.1, 0.15) is 0 Å². The molecule has 19 heavy (non-hydrogen) atoms. The molecular formula is C11H16FN3O3S. The summed E-state index contributed by atoms with van der Waals surface area (Å²) in [5.74, 6) is -0.650. The summed E-state index contributed by atoms with van der Waals surface area (Å²) in [5.41, 5.74) is 0.236. The van der Waals surface area contributed by atoms with Crippen molar-refractivity contribution in [1.29, 1.82) is 0 Å². The number of sulfonamides is 1. The van der Waals surface area contributed by atoms with Gasteiger partial charge in [-0.15, -0.1) is 0 Å². The molecule has 1 fully saturated rings. The van der Waals surface area contributed by atoms with Crippen molar-refractivity contribution in [3.8, 4) is 0 Å². The molecule has 106 valence electrons. The second-order valence-corrected chi connectivity index (χ2v) is 5.85. The molecule has 0 spiro atoms. The topological polar surface area (TPSA) is 93.5 Å². The largest absolute Gasteiger partial charge is 0.381 e. The Morgan fingerprint density at radius 1 is 1.53 bits per heavy atom. The Morgan fingerprint density at radius 2 is 2.32 bits per heavy atom. The molecule has 1 aromatic carbocycles. The number of hydrogen-bond donors (Lipinski definition) is 3. The molecule has 0 radical (unpaired) electrons. The minimum Gasteiger partial charge on any atom is -0.381 e. The van der Waals surface area contributed by atoms with E-state index in [1.165, 1.54) is 12.1 Å². The fraction of sp³-hybridized carbons (Fsp3) is 0.455. The van der Waals surface area contributed by atoms with Crippen LogP contribution in [0.4, 0.5) is 10.1 Å². The Morgan fingerprint density at radius 3 is 2.89 bits per heavy atom. The Balaban J connectivity index is 2.01. The highest BCUT2D eigenvalue weighted by Gasteiger charge is 2.15. The van der Waals surface area contributed by atoms with Crippen LogP contribution in [0.25, 0.3) is 0 Å². The SMILES string of the molecule is NS(=O)(=O)c1ccc(NCC2COCCN2)c(F)c1. The van der Waals surface area contributed by atoms with Gasteiger partial charge in [0.25, 0.3) is 0 Å². The van der Waals surface area contributed by atoms with E-state index in [-0.39, 0.29) is 16.6 Å². The monoisotopic (exact) mass is 289 g/mol. The lowest BCUT2D eigenvalue weighted by atomic mass is 10.2. The van der Waals surface area contributed by atoms with Gasteiger partial charge in [0.1, 0.15) is 5.82 Å². The molecule has 0 amide bonds. The highest BCUT2D eigenvalue weighted by molar-refractivity contribution is 7.89. The molecule has 8 heteroatoms. The third kappa shape index (κ3) is 3.87. The summed E-state index contributed by atoms with van der Waals surface area (Å²) in [5, 5.41) is 11.1. The number of hydrogen-bond acceptors (Lipinski definition) is 5. The van der Waals surface area contributed by atoms with Gasteiger partial charge in [-0.1, -0.05) is 0 Å². The number of nitrogens with one attached hydrogen (secondary N) is 2. The lowest BCUT2D eigenvalue weighted by Gasteiger charge is -2.24. The van der Waals surface area contributed by atoms with Gasteiger partial charge in [-0.05, 0) is 18.2 Å². The van der Waals surface area contributed by atoms with Crippen molar-refractivity contribution in [3.05, 3.63) is 24.0 Å². The molecule has 0 saturated carbocycles. The van der Waals surface area contributed by atoms with Gasteiger partial charge < -0.3 is 15.4 Å². The number of ether oxygens (including phenoxy) is 1. The first-order valence-corrected chi connectivity index (χ1v) is 7.39. The average Bonchev–Trinajstić information content (AvgIpc) is 2.37. The summed E-state index contributed by atoms with van der Waals surface area (Å²) in [6, 6.07) is 3.64. The molecule has 0 aromatic heterocycles. The fourth-order valence-corrected chi connectivity index (χ4v) is 2.33. The van der Waals surface area contributed by atoms with E-state index in [0.717, 1.165) is 12.6 Å². The van der Waals surface area contributed by atoms with Crippen molar-refractivity contribution in [2.45, 2.75) is 10.9 Å². The van der Waals surface area contributed by atoms with E-state index in [1.54, 1.807) is 0 Å². The molecule has 0 aliphatic carbocycles. The van der Waals surface area contributed by atoms with E-state index in [4.69, 9.17) is 9.88 Å². The first-order valence-electron chi connectivity index (χ1n) is 5.84. The summed E-state index contributed by atoms with van der Waals surface area (Å²) >= 11 is 0. The smallest absolute Gasteiger partial charge is 0.238 e. The van der Waals surface area contributed by atoms with Crippen LogP contribution in [0.2, 0.25) is 0 Å². The molecule has 0 bridgehead atoms. The fourth-order valence-electron chi connectivity index (χ4n) is 1.80. The lowest BCUT2D eigenvalue weighted by Crippen LogP contribution is -2.45. The minimum absolute atomic E-state index is 0.103. The van der Waals surface area contributed by atoms with Crippen LogP contribution in [0, 0.1) is 5.82 Å². The quantitative estimate of drug-likeness (QED) is 0.718. The van der Waals surface area contributed by atoms with Crippen LogP contribution in [-0.2, 0) is 14.8 Å². The van der Waals surface area contributed by atoms with Crippen LogP contribution in [0.15, 0.2) is 23.1 Å². The molecule has 1 aliphatic heterocycles. The van der Waals surface area contributed by atoms with Gasteiger partial charge in [0.05, 0.1) is 23.8 Å². The molecule has 1 saturated heterocycles. The van der Waals surface area contributed by atoms with Crippen LogP contribution >= 0.6 is 0 Å². The number of halogens is 1. The molecule has 1 unspecified atom stereocenters. The third-order valence-corrected chi connectivity index (χ3v) is 3.72. The van der Waals surface area contributed by atoms with Crippen LogP contribution < -0.4 is 15.8 Å². The van der Waals surface area contributed by atoms with Gasteiger partial charge in [-0.2, -0.15) is 0 Å². The third-order valence-electron chi connectivity index (χ3n) is 2.81. The van der Waals surface area contributed by atoms with Crippen molar-refractivity contribution in [2.75, 3.05) is 31.6 Å². The molecule has 1 aliphatic rings. The molecule has 1 heterocycles. The maximum Gasteiger partial charge on any atom is 0.238 e. The van der Waals surface area contributed by atoms with Gasteiger partial charge in [-0.25, -0.2) is 17.9 Å². The van der Waals surface area contributed by atoms with Gasteiger partial charge in [0.2, 0.25) is 10.0 Å². The zero-order valence-electron chi connectivity index (χ0n) is 10.2. The number of benzene rings is 1. The highest BCUT2D eigenvalue weighted by Crippen LogP contribution is 2.18. The maximum atomic E-state index is 13.7. The molecule has 1 aromatic rings. The Hall–Kier alpha value is -1.22. The van der Waals surface area contributed by atoms with Crippen molar-refractivity contribution in [3.63, 3.8) is 0 Å². The predicted molar refractivity (Wildman–Crippen MR) is 68.9 cm³/mol. The second-order valence-electron chi connectivity index (χ2n) is 4.29. The van der Waals surface area contributed by atoms with Crippen molar-refractivity contribution >= 4 is 15.7 Å². The predicted octanol–water partition coefficient (Wildman–Crippen LogP) is -0.127. The summed E-state index contributed by atoms with van der Waals surface area (Å²) in [7, 11) is -3.88. The molecule has 1 atom stereocenters. The van der Waals surface area contributed by atoms with Crippen LogP contribution in [-0.4, -0.2) is 40.8 Å².